The molecular formula is C6H8Po. The predicted molar refractivity (Wildman–Crippen MR) is 31.6 cm³/mol. The van der Waals surface area contributed by atoms with E-state index < -0.39 is 0 Å². The summed E-state index contributed by atoms with van der Waals surface area (Å²) < 4.78 is 2.41. The molecule has 0 nitrogen and oxygen atoms in total. The summed E-state index contributed by atoms with van der Waals surface area (Å²) in [4.78, 5) is 0. The van der Waals surface area contributed by atoms with Crippen LogP contribution in [0.4, 0.5) is 0 Å². The topological polar surface area (TPSA) is 0 Å². The van der Waals surface area contributed by atoms with E-state index in [4.69, 9.17) is 0 Å². The van der Waals surface area contributed by atoms with E-state index in [2.05, 4.69) is 6.58 Å². The average molecular weight is 289 g/mol. The molecule has 0 amide bonds. The molecule has 38 valence electrons. The molecule has 7 heavy (non-hydrogen) atoms. The quantitative estimate of drug-likeness (QED) is 0.595. The Kier molecular flexibility index (Phi) is 0.850. The molecule has 1 heteroatoms. The van der Waals surface area contributed by atoms with Crippen LogP contribution in [-0.2, 0) is 0 Å². The van der Waals surface area contributed by atoms with Crippen molar-refractivity contribution >= 4 is 23.6 Å². The van der Waals surface area contributed by atoms with Crippen LogP contribution in [0.5, 0.6) is 0 Å². The van der Waals surface area contributed by atoms with E-state index in [1.807, 2.05) is 0 Å². The van der Waals surface area contributed by atoms with Gasteiger partial charge in [0.25, 0.3) is 0 Å². The summed E-state index contributed by atoms with van der Waals surface area (Å²) in [5.41, 5.74) is 1.61. The molecule has 1 aliphatic heterocycles. The van der Waals surface area contributed by atoms with E-state index >= 15 is 0 Å². The van der Waals surface area contributed by atoms with Crippen LogP contribution in [0.1, 0.15) is 12.8 Å². The Hall–Kier alpha value is 0.636. The van der Waals surface area contributed by atoms with Crippen molar-refractivity contribution in [1.82, 2.24) is 0 Å². The first kappa shape index (κ1) is 4.51. The molecule has 0 aromatic heterocycles. The van der Waals surface area contributed by atoms with Crippen LogP contribution in [0.25, 0.3) is 0 Å². The summed E-state index contributed by atoms with van der Waals surface area (Å²) in [5.74, 6) is 0. The van der Waals surface area contributed by atoms with Crippen LogP contribution >= 0.6 is 0 Å². The van der Waals surface area contributed by atoms with Crippen molar-refractivity contribution < 1.29 is 0 Å². The number of rotatable bonds is 0. The van der Waals surface area contributed by atoms with Crippen LogP contribution in [0, 0.1) is 0 Å². The van der Waals surface area contributed by atoms with Crippen LogP contribution < -0.4 is 0 Å². The molecule has 0 N–H and O–H groups in total. The zero-order valence-corrected chi connectivity index (χ0v) is 7.36. The second kappa shape index (κ2) is 1.32. The first-order valence-electron chi connectivity index (χ1n) is 2.71. The molecule has 2 rings (SSSR count). The van der Waals surface area contributed by atoms with Gasteiger partial charge in [-0.15, -0.1) is 0 Å². The normalized spacial score (nSPS) is 46.6. The number of fused-ring (bicyclic) bond motifs is 1. The Morgan fingerprint density at radius 2 is 2.57 bits per heavy atom. The first-order chi connectivity index (χ1) is 3.38. The molecule has 1 unspecified atom stereocenters. The van der Waals surface area contributed by atoms with Crippen molar-refractivity contribution in [3.05, 3.63) is 12.2 Å². The zero-order chi connectivity index (χ0) is 4.85. The number of allylic oxidation sites excluding steroid dienone is 1. The van der Waals surface area contributed by atoms with E-state index in [1.165, 1.54) is 16.4 Å². The molecule has 0 bridgehead atoms. The van der Waals surface area contributed by atoms with Gasteiger partial charge in [0.05, 0.1) is 0 Å². The molecule has 1 saturated heterocycles. The van der Waals surface area contributed by atoms with Gasteiger partial charge in [0.15, 0.2) is 0 Å². The molecule has 0 spiro atoms. The Morgan fingerprint density at radius 3 is 2.71 bits per heavy atom. The Balaban J connectivity index is 2.21. The van der Waals surface area contributed by atoms with Crippen molar-refractivity contribution in [2.24, 2.45) is 0 Å². The summed E-state index contributed by atoms with van der Waals surface area (Å²) in [7, 11) is 0. The third-order valence-corrected chi connectivity index (χ3v) is 7.56. The maximum absolute atomic E-state index is 4.02. The molecule has 1 saturated carbocycles. The summed E-state index contributed by atoms with van der Waals surface area (Å²) in [6.07, 6.45) is 2.89. The monoisotopic (exact) mass is 289 g/mol. The van der Waals surface area contributed by atoms with E-state index in [9.17, 15) is 0 Å². The first-order valence-corrected chi connectivity index (χ1v) is 6.37. The molecule has 0 radical (unpaired) electrons. The van der Waals surface area contributed by atoms with Gasteiger partial charge in [-0.05, 0) is 0 Å². The SMILES string of the molecule is C=C1CC[C@H]2[Po][CH]12. The van der Waals surface area contributed by atoms with Gasteiger partial charge < -0.3 is 0 Å². The Bertz CT molecular complexity index is 117. The molecule has 2 fully saturated rings. The van der Waals surface area contributed by atoms with Gasteiger partial charge in [-0.2, -0.15) is 0 Å². The maximum atomic E-state index is 4.02. The summed E-state index contributed by atoms with van der Waals surface area (Å²) >= 11 is 0.240. The standard InChI is InChI=1S/C6H8.Po/c1-6-4-2-3-5-6;/h2,4H,1,3,5H2;. The van der Waals surface area contributed by atoms with Crippen LogP contribution in [0.3, 0.4) is 0 Å². The Morgan fingerprint density at radius 1 is 1.71 bits per heavy atom. The average Bonchev–Trinajstić information content (AvgIpc) is 2.33. The van der Waals surface area contributed by atoms with Crippen molar-refractivity contribution in [3.63, 3.8) is 0 Å². The van der Waals surface area contributed by atoms with E-state index in [0.717, 1.165) is 3.58 Å². The molecule has 1 aliphatic carbocycles. The van der Waals surface area contributed by atoms with E-state index in [0.29, 0.717) is 0 Å². The van der Waals surface area contributed by atoms with Crippen LogP contribution in [-0.4, -0.2) is 23.6 Å². The molecule has 0 aromatic carbocycles. The van der Waals surface area contributed by atoms with Gasteiger partial charge in [-0.1, -0.05) is 0 Å². The summed E-state index contributed by atoms with van der Waals surface area (Å²) in [6, 6.07) is 0. The molecule has 1 heterocycles. The van der Waals surface area contributed by atoms with Gasteiger partial charge in [-0.3, -0.25) is 0 Å². The molecular weight excluding hydrogens is 281 g/mol. The fourth-order valence-electron chi connectivity index (χ4n) is 1.19. The van der Waals surface area contributed by atoms with Crippen molar-refractivity contribution in [2.45, 2.75) is 20.0 Å². The third-order valence-electron chi connectivity index (χ3n) is 1.73. The second-order valence-electron chi connectivity index (χ2n) is 2.29. The molecule has 2 atom stereocenters. The van der Waals surface area contributed by atoms with Gasteiger partial charge in [-0.25, -0.2) is 0 Å². The van der Waals surface area contributed by atoms with Gasteiger partial charge in [0.1, 0.15) is 0 Å². The fraction of sp³-hybridized carbons (Fsp3) is 0.667. The summed E-state index contributed by atoms with van der Waals surface area (Å²) in [6.45, 7) is 4.02. The molecule has 0 aromatic rings. The van der Waals surface area contributed by atoms with Gasteiger partial charge in [0.2, 0.25) is 0 Å². The van der Waals surface area contributed by atoms with Gasteiger partial charge >= 0.3 is 55.7 Å². The summed E-state index contributed by atoms with van der Waals surface area (Å²) in [5, 5.41) is 0. The van der Waals surface area contributed by atoms with E-state index in [-0.39, 0.29) is 23.6 Å². The van der Waals surface area contributed by atoms with Crippen molar-refractivity contribution in [3.8, 4) is 0 Å². The third kappa shape index (κ3) is 0.583. The van der Waals surface area contributed by atoms with Gasteiger partial charge in [0, 0.05) is 0 Å². The number of hydrogen-bond acceptors (Lipinski definition) is 0. The van der Waals surface area contributed by atoms with Crippen LogP contribution in [0.15, 0.2) is 12.2 Å². The predicted octanol–water partition coefficient (Wildman–Crippen LogP) is 1.63. The minimum absolute atomic E-state index is 0.240. The number of hydrogen-bond donors (Lipinski definition) is 0. The Labute approximate surface area is 55.8 Å². The van der Waals surface area contributed by atoms with Crippen LogP contribution in [0.2, 0.25) is 7.15 Å². The minimum atomic E-state index is 0.240. The van der Waals surface area contributed by atoms with Crippen molar-refractivity contribution in [2.75, 3.05) is 0 Å². The molecule has 2 aliphatic rings. The second-order valence-corrected chi connectivity index (χ2v) is 7.68. The zero-order valence-electron chi connectivity index (χ0n) is 4.18. The fourth-order valence-corrected chi connectivity index (χ4v) is 5.77. The van der Waals surface area contributed by atoms with Crippen molar-refractivity contribution in [1.29, 1.82) is 0 Å². The van der Waals surface area contributed by atoms with E-state index in [1.54, 1.807) is 5.57 Å².